The van der Waals surface area contributed by atoms with Crippen LogP contribution in [0.25, 0.3) is 0 Å². The summed E-state index contributed by atoms with van der Waals surface area (Å²) < 4.78 is 10.1. The first-order chi connectivity index (χ1) is 7.86. The number of Topliss-reactive ketones (excluding diaryl/α,β-unsaturated/α-hetero) is 1. The maximum Gasteiger partial charge on any atom is 0.349 e. The number of carbonyl (C=O) groups excluding carboxylic acids is 2. The van der Waals surface area contributed by atoms with Gasteiger partial charge in [-0.1, -0.05) is 0 Å². The second-order valence-corrected chi connectivity index (χ2v) is 4.18. The zero-order valence-corrected chi connectivity index (χ0v) is 10.4. The van der Waals surface area contributed by atoms with E-state index < -0.39 is 11.6 Å². The summed E-state index contributed by atoms with van der Waals surface area (Å²) in [5, 5.41) is 0. The van der Waals surface area contributed by atoms with Crippen molar-refractivity contribution < 1.29 is 19.1 Å². The Hall–Kier alpha value is -1.84. The van der Waals surface area contributed by atoms with Crippen LogP contribution < -0.4 is 4.74 Å². The molecule has 0 unspecified atom stereocenters. The fourth-order valence-electron chi connectivity index (χ4n) is 1.34. The molecule has 0 saturated heterocycles. The van der Waals surface area contributed by atoms with Crippen molar-refractivity contribution in [3.63, 3.8) is 0 Å². The van der Waals surface area contributed by atoms with Gasteiger partial charge in [-0.2, -0.15) is 0 Å². The minimum absolute atomic E-state index is 0.0104. The van der Waals surface area contributed by atoms with Gasteiger partial charge in [-0.05, 0) is 45.0 Å². The smallest absolute Gasteiger partial charge is 0.349 e. The van der Waals surface area contributed by atoms with Crippen LogP contribution in [0.1, 0.15) is 31.1 Å². The molecule has 4 nitrogen and oxygen atoms in total. The van der Waals surface area contributed by atoms with E-state index in [-0.39, 0.29) is 5.78 Å². The largest absolute Gasteiger partial charge is 0.476 e. The summed E-state index contributed by atoms with van der Waals surface area (Å²) >= 11 is 0. The third kappa shape index (κ3) is 3.31. The summed E-state index contributed by atoms with van der Waals surface area (Å²) in [5.41, 5.74) is -0.444. The lowest BCUT2D eigenvalue weighted by atomic mass is 10.1. The predicted molar refractivity (Wildman–Crippen MR) is 63.2 cm³/mol. The van der Waals surface area contributed by atoms with Gasteiger partial charge in [0.15, 0.2) is 11.4 Å². The van der Waals surface area contributed by atoms with Crippen LogP contribution in [0.2, 0.25) is 0 Å². The molecule has 0 atom stereocenters. The molecule has 1 aromatic rings. The van der Waals surface area contributed by atoms with E-state index in [1.165, 1.54) is 14.0 Å². The maximum atomic E-state index is 11.4. The first-order valence-electron chi connectivity index (χ1n) is 5.25. The van der Waals surface area contributed by atoms with Gasteiger partial charge in [0.05, 0.1) is 7.11 Å². The molecule has 1 rings (SSSR count). The minimum Gasteiger partial charge on any atom is -0.476 e. The summed E-state index contributed by atoms with van der Waals surface area (Å²) in [6, 6.07) is 6.62. The molecular formula is C13H16O4. The Bertz CT molecular complexity index is 418. The molecule has 92 valence electrons. The van der Waals surface area contributed by atoms with Gasteiger partial charge in [0, 0.05) is 5.56 Å². The van der Waals surface area contributed by atoms with E-state index in [0.29, 0.717) is 11.3 Å². The molecule has 0 aliphatic carbocycles. The normalized spacial score (nSPS) is 10.8. The van der Waals surface area contributed by atoms with Crippen molar-refractivity contribution in [1.82, 2.24) is 0 Å². The van der Waals surface area contributed by atoms with E-state index in [2.05, 4.69) is 4.74 Å². The summed E-state index contributed by atoms with van der Waals surface area (Å²) in [7, 11) is 1.31. The standard InChI is InChI=1S/C13H16O4/c1-9(14)10-5-7-11(8-6-10)17-13(2,3)12(15)16-4/h5-8H,1-4H3. The molecule has 0 bridgehead atoms. The highest BCUT2D eigenvalue weighted by molar-refractivity contribution is 5.94. The van der Waals surface area contributed by atoms with Gasteiger partial charge in [0.1, 0.15) is 5.75 Å². The SMILES string of the molecule is COC(=O)C(C)(C)Oc1ccc(C(C)=O)cc1. The van der Waals surface area contributed by atoms with E-state index >= 15 is 0 Å². The van der Waals surface area contributed by atoms with Crippen molar-refractivity contribution in [2.75, 3.05) is 7.11 Å². The van der Waals surface area contributed by atoms with Crippen LogP contribution in [0.4, 0.5) is 0 Å². The second kappa shape index (κ2) is 4.99. The number of esters is 1. The van der Waals surface area contributed by atoms with E-state index in [4.69, 9.17) is 4.74 Å². The molecule has 17 heavy (non-hydrogen) atoms. The Morgan fingerprint density at radius 2 is 1.65 bits per heavy atom. The molecule has 0 N–H and O–H groups in total. The number of rotatable bonds is 4. The Morgan fingerprint density at radius 3 is 2.06 bits per heavy atom. The Balaban J connectivity index is 2.82. The average molecular weight is 236 g/mol. The van der Waals surface area contributed by atoms with Crippen LogP contribution in [0, 0.1) is 0 Å². The predicted octanol–water partition coefficient (Wildman–Crippen LogP) is 2.22. The summed E-state index contributed by atoms with van der Waals surface area (Å²) in [6.07, 6.45) is 0. The van der Waals surface area contributed by atoms with Gasteiger partial charge < -0.3 is 9.47 Å². The fraction of sp³-hybridized carbons (Fsp3) is 0.385. The minimum atomic E-state index is -1.05. The fourth-order valence-corrected chi connectivity index (χ4v) is 1.34. The van der Waals surface area contributed by atoms with Crippen LogP contribution in [-0.2, 0) is 9.53 Å². The van der Waals surface area contributed by atoms with Crippen molar-refractivity contribution in [2.45, 2.75) is 26.4 Å². The summed E-state index contributed by atoms with van der Waals surface area (Å²) in [4.78, 5) is 22.5. The second-order valence-electron chi connectivity index (χ2n) is 4.18. The average Bonchev–Trinajstić information content (AvgIpc) is 2.28. The number of ether oxygens (including phenoxy) is 2. The Labute approximate surface area is 101 Å². The van der Waals surface area contributed by atoms with Gasteiger partial charge in [-0.25, -0.2) is 4.79 Å². The number of ketones is 1. The molecule has 0 heterocycles. The Morgan fingerprint density at radius 1 is 1.12 bits per heavy atom. The number of benzene rings is 1. The number of carbonyl (C=O) groups is 2. The molecule has 0 aromatic heterocycles. The molecule has 0 spiro atoms. The van der Waals surface area contributed by atoms with Crippen LogP contribution >= 0.6 is 0 Å². The van der Waals surface area contributed by atoms with Crippen molar-refractivity contribution in [1.29, 1.82) is 0 Å². The van der Waals surface area contributed by atoms with E-state index in [1.54, 1.807) is 38.1 Å². The Kier molecular flexibility index (Phi) is 3.89. The van der Waals surface area contributed by atoms with Gasteiger partial charge in [0.25, 0.3) is 0 Å². The molecule has 0 saturated carbocycles. The van der Waals surface area contributed by atoms with Gasteiger partial charge in [-0.3, -0.25) is 4.79 Å². The third-order valence-corrected chi connectivity index (χ3v) is 2.31. The summed E-state index contributed by atoms with van der Waals surface area (Å²) in [6.45, 7) is 4.74. The topological polar surface area (TPSA) is 52.6 Å². The van der Waals surface area contributed by atoms with E-state index in [1.807, 2.05) is 0 Å². The molecule has 1 aromatic carbocycles. The number of methoxy groups -OCH3 is 1. The van der Waals surface area contributed by atoms with Crippen LogP contribution in [0.3, 0.4) is 0 Å². The monoisotopic (exact) mass is 236 g/mol. The summed E-state index contributed by atoms with van der Waals surface area (Å²) in [5.74, 6) is 0.0577. The molecular weight excluding hydrogens is 220 g/mol. The first-order valence-corrected chi connectivity index (χ1v) is 5.25. The molecule has 0 aliphatic rings. The van der Waals surface area contributed by atoms with E-state index in [0.717, 1.165) is 0 Å². The highest BCUT2D eigenvalue weighted by Gasteiger charge is 2.30. The molecule has 0 aliphatic heterocycles. The van der Waals surface area contributed by atoms with Gasteiger partial charge >= 0.3 is 5.97 Å². The quantitative estimate of drug-likeness (QED) is 0.594. The molecule has 0 radical (unpaired) electrons. The lowest BCUT2D eigenvalue weighted by Gasteiger charge is -2.23. The highest BCUT2D eigenvalue weighted by atomic mass is 16.6. The van der Waals surface area contributed by atoms with Crippen molar-refractivity contribution in [2.24, 2.45) is 0 Å². The van der Waals surface area contributed by atoms with Gasteiger partial charge in [0.2, 0.25) is 0 Å². The first kappa shape index (κ1) is 13.2. The zero-order valence-electron chi connectivity index (χ0n) is 10.4. The number of hydrogen-bond acceptors (Lipinski definition) is 4. The lowest BCUT2D eigenvalue weighted by molar-refractivity contribution is -0.156. The van der Waals surface area contributed by atoms with Crippen molar-refractivity contribution >= 4 is 11.8 Å². The zero-order chi connectivity index (χ0) is 13.1. The third-order valence-electron chi connectivity index (χ3n) is 2.31. The molecule has 0 amide bonds. The number of hydrogen-bond donors (Lipinski definition) is 0. The maximum absolute atomic E-state index is 11.4. The lowest BCUT2D eigenvalue weighted by Crippen LogP contribution is -2.39. The highest BCUT2D eigenvalue weighted by Crippen LogP contribution is 2.20. The molecule has 0 fully saturated rings. The van der Waals surface area contributed by atoms with Crippen LogP contribution in [0.5, 0.6) is 5.75 Å². The van der Waals surface area contributed by atoms with Crippen LogP contribution in [-0.4, -0.2) is 24.5 Å². The van der Waals surface area contributed by atoms with Crippen LogP contribution in [0.15, 0.2) is 24.3 Å². The molecule has 4 heteroatoms. The van der Waals surface area contributed by atoms with Crippen molar-refractivity contribution in [3.8, 4) is 5.75 Å². The van der Waals surface area contributed by atoms with Crippen molar-refractivity contribution in [3.05, 3.63) is 29.8 Å². The van der Waals surface area contributed by atoms with Gasteiger partial charge in [-0.15, -0.1) is 0 Å². The van der Waals surface area contributed by atoms with E-state index in [9.17, 15) is 9.59 Å².